The molecule has 0 spiro atoms. The molecule has 3 aromatic rings. The fourth-order valence-corrected chi connectivity index (χ4v) is 4.12. The number of likely N-dealkylation sites (tertiary alicyclic amines) is 1. The molecule has 1 fully saturated rings. The monoisotopic (exact) mass is 367 g/mol. The molecule has 27 heavy (non-hydrogen) atoms. The van der Waals surface area contributed by atoms with E-state index in [0.29, 0.717) is 29.5 Å². The van der Waals surface area contributed by atoms with Crippen LogP contribution in [0, 0.1) is 19.8 Å². The standard InChI is InChI=1S/C20H25N5O2/c1-12-7-10-25(20(26)18-13(2)23-27-14(18)3)11-17(12)24(4)16-6-9-22-19-15(16)5-8-21-19/h5-6,8-9,12,17H,7,10-11H2,1-4H3,(H,21,22)/t12-,17?/m1/s1. The molecule has 0 radical (unpaired) electrons. The number of anilines is 1. The van der Waals surface area contributed by atoms with Gasteiger partial charge in [-0.3, -0.25) is 4.79 Å². The number of nitrogens with one attached hydrogen (secondary N) is 1. The average Bonchev–Trinajstić information content (AvgIpc) is 3.27. The van der Waals surface area contributed by atoms with Crippen LogP contribution in [0.5, 0.6) is 0 Å². The highest BCUT2D eigenvalue weighted by atomic mass is 16.5. The summed E-state index contributed by atoms with van der Waals surface area (Å²) in [5.41, 5.74) is 3.27. The lowest BCUT2D eigenvalue weighted by atomic mass is 9.91. The lowest BCUT2D eigenvalue weighted by molar-refractivity contribution is 0.0668. The lowest BCUT2D eigenvalue weighted by Crippen LogP contribution is -2.52. The first-order valence-electron chi connectivity index (χ1n) is 9.34. The normalized spacial score (nSPS) is 20.2. The molecule has 4 heterocycles. The van der Waals surface area contributed by atoms with Crippen molar-refractivity contribution in [1.82, 2.24) is 20.0 Å². The maximum atomic E-state index is 13.1. The van der Waals surface area contributed by atoms with Crippen LogP contribution >= 0.6 is 0 Å². The van der Waals surface area contributed by atoms with Gasteiger partial charge in [-0.2, -0.15) is 0 Å². The summed E-state index contributed by atoms with van der Waals surface area (Å²) in [6, 6.07) is 4.32. The molecule has 1 amide bonds. The minimum Gasteiger partial charge on any atom is -0.369 e. The second-order valence-electron chi connectivity index (χ2n) is 7.46. The van der Waals surface area contributed by atoms with E-state index < -0.39 is 0 Å². The Morgan fingerprint density at radius 1 is 1.37 bits per heavy atom. The molecule has 1 aliphatic heterocycles. The molecule has 0 bridgehead atoms. The van der Waals surface area contributed by atoms with Gasteiger partial charge in [-0.05, 0) is 38.3 Å². The van der Waals surface area contributed by atoms with E-state index in [0.717, 1.165) is 29.7 Å². The largest absolute Gasteiger partial charge is 0.369 e. The van der Waals surface area contributed by atoms with Crippen LogP contribution in [0.3, 0.4) is 0 Å². The van der Waals surface area contributed by atoms with Crippen molar-refractivity contribution in [3.8, 4) is 0 Å². The van der Waals surface area contributed by atoms with Crippen LogP contribution < -0.4 is 4.90 Å². The van der Waals surface area contributed by atoms with Crippen molar-refractivity contribution >= 4 is 22.6 Å². The number of fused-ring (bicyclic) bond motifs is 1. The number of pyridine rings is 1. The second kappa shape index (κ2) is 6.72. The van der Waals surface area contributed by atoms with E-state index in [1.165, 1.54) is 0 Å². The second-order valence-corrected chi connectivity index (χ2v) is 7.46. The molecule has 3 aromatic heterocycles. The number of rotatable bonds is 3. The summed E-state index contributed by atoms with van der Waals surface area (Å²) in [5, 5.41) is 5.03. The van der Waals surface area contributed by atoms with E-state index in [-0.39, 0.29) is 11.9 Å². The molecule has 142 valence electrons. The van der Waals surface area contributed by atoms with Crippen LogP contribution in [-0.4, -0.2) is 52.1 Å². The smallest absolute Gasteiger partial charge is 0.259 e. The molecule has 0 aromatic carbocycles. The number of piperidine rings is 1. The van der Waals surface area contributed by atoms with Crippen LogP contribution in [0.25, 0.3) is 11.0 Å². The first-order valence-corrected chi connectivity index (χ1v) is 9.34. The number of aryl methyl sites for hydroxylation is 2. The fraction of sp³-hybridized carbons (Fsp3) is 0.450. The van der Waals surface area contributed by atoms with E-state index in [9.17, 15) is 4.79 Å². The molecule has 4 rings (SSSR count). The van der Waals surface area contributed by atoms with Crippen LogP contribution in [0.15, 0.2) is 29.0 Å². The number of carbonyl (C=O) groups excluding carboxylic acids is 1. The summed E-state index contributed by atoms with van der Waals surface area (Å²) in [6.07, 6.45) is 4.70. The Hall–Kier alpha value is -2.83. The highest BCUT2D eigenvalue weighted by Gasteiger charge is 2.34. The quantitative estimate of drug-likeness (QED) is 0.769. The van der Waals surface area contributed by atoms with Gasteiger partial charge in [-0.15, -0.1) is 0 Å². The Morgan fingerprint density at radius 2 is 2.19 bits per heavy atom. The van der Waals surface area contributed by atoms with Crippen molar-refractivity contribution in [3.05, 3.63) is 41.5 Å². The molecule has 1 unspecified atom stereocenters. The van der Waals surface area contributed by atoms with Crippen molar-refractivity contribution in [3.63, 3.8) is 0 Å². The van der Waals surface area contributed by atoms with Gasteiger partial charge >= 0.3 is 0 Å². The van der Waals surface area contributed by atoms with Gasteiger partial charge in [0.25, 0.3) is 5.91 Å². The number of amides is 1. The number of aromatic amines is 1. The molecular formula is C20H25N5O2. The maximum Gasteiger partial charge on any atom is 0.259 e. The van der Waals surface area contributed by atoms with Crippen molar-refractivity contribution in [2.24, 2.45) is 5.92 Å². The summed E-state index contributed by atoms with van der Waals surface area (Å²) in [6.45, 7) is 7.30. The van der Waals surface area contributed by atoms with Crippen molar-refractivity contribution < 1.29 is 9.32 Å². The average molecular weight is 367 g/mol. The zero-order valence-electron chi connectivity index (χ0n) is 16.2. The van der Waals surface area contributed by atoms with Gasteiger partial charge in [-0.25, -0.2) is 4.98 Å². The summed E-state index contributed by atoms with van der Waals surface area (Å²) < 4.78 is 5.19. The van der Waals surface area contributed by atoms with Crippen LogP contribution in [-0.2, 0) is 0 Å². The summed E-state index contributed by atoms with van der Waals surface area (Å²) in [7, 11) is 2.10. The Labute approximate surface area is 158 Å². The van der Waals surface area contributed by atoms with Crippen LogP contribution in [0.4, 0.5) is 5.69 Å². The SMILES string of the molecule is Cc1noc(C)c1C(=O)N1CC[C@@H](C)C(N(C)c2ccnc3[nH]ccc23)C1. The highest BCUT2D eigenvalue weighted by Crippen LogP contribution is 2.31. The first-order chi connectivity index (χ1) is 13.0. The number of hydrogen-bond donors (Lipinski definition) is 1. The number of carbonyl (C=O) groups is 1. The van der Waals surface area contributed by atoms with Gasteiger partial charge in [0.05, 0.1) is 5.69 Å². The number of aromatic nitrogens is 3. The molecule has 7 heteroatoms. The number of nitrogens with zero attached hydrogens (tertiary/aromatic N) is 4. The summed E-state index contributed by atoms with van der Waals surface area (Å²) in [5.74, 6) is 1.08. The molecule has 0 aliphatic carbocycles. The van der Waals surface area contributed by atoms with Crippen molar-refractivity contribution in [2.75, 3.05) is 25.0 Å². The summed E-state index contributed by atoms with van der Waals surface area (Å²) >= 11 is 0. The third kappa shape index (κ3) is 2.97. The van der Waals surface area contributed by atoms with E-state index >= 15 is 0 Å². The van der Waals surface area contributed by atoms with E-state index in [4.69, 9.17) is 4.52 Å². The molecule has 1 N–H and O–H groups in total. The Kier molecular flexibility index (Phi) is 4.37. The van der Waals surface area contributed by atoms with Gasteiger partial charge in [-0.1, -0.05) is 12.1 Å². The molecule has 0 saturated carbocycles. The van der Waals surface area contributed by atoms with Gasteiger partial charge in [0.15, 0.2) is 0 Å². The molecule has 1 saturated heterocycles. The maximum absolute atomic E-state index is 13.1. The van der Waals surface area contributed by atoms with Gasteiger partial charge in [0, 0.05) is 49.6 Å². The molecule has 1 aliphatic rings. The van der Waals surface area contributed by atoms with E-state index in [1.54, 1.807) is 6.92 Å². The lowest BCUT2D eigenvalue weighted by Gasteiger charge is -2.42. The van der Waals surface area contributed by atoms with Gasteiger partial charge < -0.3 is 19.3 Å². The third-order valence-corrected chi connectivity index (χ3v) is 5.77. The number of hydrogen-bond acceptors (Lipinski definition) is 5. The van der Waals surface area contributed by atoms with Crippen LogP contribution in [0.1, 0.15) is 35.2 Å². The fourth-order valence-electron chi connectivity index (χ4n) is 4.12. The third-order valence-electron chi connectivity index (χ3n) is 5.77. The Morgan fingerprint density at radius 3 is 2.93 bits per heavy atom. The minimum absolute atomic E-state index is 0.0121. The minimum atomic E-state index is 0.0121. The summed E-state index contributed by atoms with van der Waals surface area (Å²) in [4.78, 5) is 24.8. The predicted octanol–water partition coefficient (Wildman–Crippen LogP) is 3.15. The molecular weight excluding hydrogens is 342 g/mol. The van der Waals surface area contributed by atoms with E-state index in [1.807, 2.05) is 30.3 Å². The number of H-pyrrole nitrogens is 1. The predicted molar refractivity (Wildman–Crippen MR) is 104 cm³/mol. The Bertz CT molecular complexity index is 956. The van der Waals surface area contributed by atoms with Crippen molar-refractivity contribution in [2.45, 2.75) is 33.2 Å². The van der Waals surface area contributed by atoms with Gasteiger partial charge in [0.1, 0.15) is 17.0 Å². The zero-order chi connectivity index (χ0) is 19.1. The first kappa shape index (κ1) is 17.6. The zero-order valence-corrected chi connectivity index (χ0v) is 16.2. The molecule has 2 atom stereocenters. The molecule has 7 nitrogen and oxygen atoms in total. The van der Waals surface area contributed by atoms with Crippen molar-refractivity contribution in [1.29, 1.82) is 0 Å². The number of likely N-dealkylation sites (N-methyl/N-ethyl adjacent to an activating group) is 1. The topological polar surface area (TPSA) is 78.3 Å². The highest BCUT2D eigenvalue weighted by molar-refractivity contribution is 5.96. The Balaban J connectivity index is 1.61. The van der Waals surface area contributed by atoms with Crippen LogP contribution in [0.2, 0.25) is 0 Å². The van der Waals surface area contributed by atoms with E-state index in [2.05, 4.69) is 40.1 Å². The van der Waals surface area contributed by atoms with Gasteiger partial charge in [0.2, 0.25) is 0 Å².